The number of halogens is 1. The number of carbonyl (C=O) groups is 1. The van der Waals surface area contributed by atoms with Gasteiger partial charge < -0.3 is 10.6 Å². The molecule has 2 atom stereocenters. The highest BCUT2D eigenvalue weighted by molar-refractivity contribution is 5.85. The molecule has 0 radical (unpaired) electrons. The van der Waals surface area contributed by atoms with Crippen molar-refractivity contribution in [3.63, 3.8) is 0 Å². The van der Waals surface area contributed by atoms with Crippen LogP contribution in [0.25, 0.3) is 0 Å². The Hall–Kier alpha value is -0.280. The maximum atomic E-state index is 12.2. The van der Waals surface area contributed by atoms with Crippen LogP contribution in [0.4, 0.5) is 0 Å². The molecule has 3 nitrogen and oxygen atoms in total. The van der Waals surface area contributed by atoms with Crippen LogP contribution in [0.3, 0.4) is 0 Å². The maximum Gasteiger partial charge on any atom is 0.220 e. The van der Waals surface area contributed by atoms with Gasteiger partial charge in [-0.2, -0.15) is 0 Å². The van der Waals surface area contributed by atoms with E-state index in [2.05, 4.69) is 24.5 Å². The van der Waals surface area contributed by atoms with Crippen LogP contribution in [-0.2, 0) is 4.79 Å². The summed E-state index contributed by atoms with van der Waals surface area (Å²) in [7, 11) is 0. The Morgan fingerprint density at radius 2 is 1.86 bits per heavy atom. The first kappa shape index (κ1) is 17.1. The van der Waals surface area contributed by atoms with Crippen molar-refractivity contribution in [3.8, 4) is 0 Å². The molecule has 0 aromatic carbocycles. The number of amides is 1. The highest BCUT2D eigenvalue weighted by Crippen LogP contribution is 2.50. The van der Waals surface area contributed by atoms with E-state index in [4.69, 9.17) is 0 Å². The molecule has 2 aliphatic heterocycles. The third-order valence-electron chi connectivity index (χ3n) is 5.50. The first-order valence-electron chi connectivity index (χ1n) is 8.57. The Morgan fingerprint density at radius 3 is 2.38 bits per heavy atom. The van der Waals surface area contributed by atoms with E-state index in [0.29, 0.717) is 29.3 Å². The zero-order valence-corrected chi connectivity index (χ0v) is 14.3. The SMILES string of the molecule is CC(C)CC1(CNC(=O)CC2CC3CCC(C2)N3)CC1.Cl. The van der Waals surface area contributed by atoms with Gasteiger partial charge >= 0.3 is 0 Å². The third kappa shape index (κ3) is 4.59. The third-order valence-corrected chi connectivity index (χ3v) is 5.50. The van der Waals surface area contributed by atoms with Crippen molar-refractivity contribution in [2.45, 2.75) is 77.3 Å². The van der Waals surface area contributed by atoms with Crippen LogP contribution in [0.1, 0.15) is 65.2 Å². The number of fused-ring (bicyclic) bond motifs is 2. The lowest BCUT2D eigenvalue weighted by atomic mass is 9.89. The van der Waals surface area contributed by atoms with Gasteiger partial charge in [-0.3, -0.25) is 4.79 Å². The van der Waals surface area contributed by atoms with Crippen LogP contribution < -0.4 is 10.6 Å². The molecular weight excluding hydrogens is 284 g/mol. The molecule has 2 saturated heterocycles. The maximum absolute atomic E-state index is 12.2. The fourth-order valence-corrected chi connectivity index (χ4v) is 4.46. The largest absolute Gasteiger partial charge is 0.356 e. The summed E-state index contributed by atoms with van der Waals surface area (Å²) in [6.07, 6.45) is 9.70. The molecule has 122 valence electrons. The Kier molecular flexibility index (Phi) is 5.59. The molecule has 3 fully saturated rings. The van der Waals surface area contributed by atoms with E-state index in [1.54, 1.807) is 0 Å². The van der Waals surface area contributed by atoms with Crippen LogP contribution >= 0.6 is 12.4 Å². The van der Waals surface area contributed by atoms with Crippen molar-refractivity contribution >= 4 is 18.3 Å². The standard InChI is InChI=1S/C17H30N2O.ClH/c1-12(2)10-17(5-6-17)11-18-16(20)9-13-7-14-3-4-15(8-13)19-14;/h12-15,19H,3-11H2,1-2H3,(H,18,20);1H. The van der Waals surface area contributed by atoms with Gasteiger partial charge in [-0.15, -0.1) is 12.4 Å². The van der Waals surface area contributed by atoms with Crippen LogP contribution in [0.2, 0.25) is 0 Å². The Morgan fingerprint density at radius 1 is 1.24 bits per heavy atom. The van der Waals surface area contributed by atoms with Crippen molar-refractivity contribution < 1.29 is 4.79 Å². The summed E-state index contributed by atoms with van der Waals surface area (Å²) in [5.74, 6) is 1.66. The summed E-state index contributed by atoms with van der Waals surface area (Å²) in [5, 5.41) is 6.88. The molecule has 21 heavy (non-hydrogen) atoms. The summed E-state index contributed by atoms with van der Waals surface area (Å²) in [5.41, 5.74) is 0.455. The van der Waals surface area contributed by atoms with Crippen LogP contribution in [0, 0.1) is 17.3 Å². The first-order valence-corrected chi connectivity index (χ1v) is 8.57. The summed E-state index contributed by atoms with van der Waals surface area (Å²) in [6, 6.07) is 1.39. The van der Waals surface area contributed by atoms with E-state index < -0.39 is 0 Å². The summed E-state index contributed by atoms with van der Waals surface area (Å²) in [4.78, 5) is 12.2. The molecule has 1 aliphatic carbocycles. The highest BCUT2D eigenvalue weighted by atomic mass is 35.5. The Bertz CT molecular complexity index is 356. The Labute approximate surface area is 135 Å². The second-order valence-electron chi connectivity index (χ2n) is 8.05. The molecule has 0 aromatic rings. The summed E-state index contributed by atoms with van der Waals surface area (Å²) < 4.78 is 0. The summed E-state index contributed by atoms with van der Waals surface area (Å²) in [6.45, 7) is 5.49. The fourth-order valence-electron chi connectivity index (χ4n) is 4.46. The van der Waals surface area contributed by atoms with Gasteiger partial charge in [-0.05, 0) is 62.2 Å². The van der Waals surface area contributed by atoms with Gasteiger partial charge in [0.2, 0.25) is 5.91 Å². The molecule has 1 amide bonds. The van der Waals surface area contributed by atoms with Gasteiger partial charge in [0.25, 0.3) is 0 Å². The van der Waals surface area contributed by atoms with E-state index in [-0.39, 0.29) is 12.4 Å². The van der Waals surface area contributed by atoms with E-state index >= 15 is 0 Å². The monoisotopic (exact) mass is 314 g/mol. The number of rotatable bonds is 6. The topological polar surface area (TPSA) is 41.1 Å². The van der Waals surface area contributed by atoms with E-state index in [9.17, 15) is 4.79 Å². The van der Waals surface area contributed by atoms with Crippen molar-refractivity contribution in [1.82, 2.24) is 10.6 Å². The molecule has 3 rings (SSSR count). The second-order valence-corrected chi connectivity index (χ2v) is 8.05. The Balaban J connectivity index is 0.00000161. The van der Waals surface area contributed by atoms with Crippen LogP contribution in [0.5, 0.6) is 0 Å². The molecule has 2 unspecified atom stereocenters. The predicted molar refractivity (Wildman–Crippen MR) is 88.7 cm³/mol. The number of piperidine rings is 1. The zero-order chi connectivity index (χ0) is 14.2. The lowest BCUT2D eigenvalue weighted by Gasteiger charge is -2.29. The quantitative estimate of drug-likeness (QED) is 0.790. The van der Waals surface area contributed by atoms with Crippen molar-refractivity contribution in [2.24, 2.45) is 17.3 Å². The average molecular weight is 315 g/mol. The van der Waals surface area contributed by atoms with Crippen molar-refractivity contribution in [3.05, 3.63) is 0 Å². The minimum absolute atomic E-state index is 0. The van der Waals surface area contributed by atoms with E-state index in [1.165, 1.54) is 44.9 Å². The molecule has 0 spiro atoms. The number of hydrogen-bond donors (Lipinski definition) is 2. The fraction of sp³-hybridized carbons (Fsp3) is 0.941. The molecule has 0 aromatic heterocycles. The summed E-state index contributed by atoms with van der Waals surface area (Å²) >= 11 is 0. The van der Waals surface area contributed by atoms with E-state index in [1.807, 2.05) is 0 Å². The van der Waals surface area contributed by atoms with Gasteiger partial charge in [0.15, 0.2) is 0 Å². The number of hydrogen-bond acceptors (Lipinski definition) is 2. The zero-order valence-electron chi connectivity index (χ0n) is 13.5. The molecule has 4 heteroatoms. The van der Waals surface area contributed by atoms with Crippen LogP contribution in [-0.4, -0.2) is 24.5 Å². The smallest absolute Gasteiger partial charge is 0.220 e. The van der Waals surface area contributed by atoms with Crippen LogP contribution in [0.15, 0.2) is 0 Å². The van der Waals surface area contributed by atoms with Gasteiger partial charge in [0.05, 0.1) is 0 Å². The van der Waals surface area contributed by atoms with Gasteiger partial charge in [0, 0.05) is 25.0 Å². The van der Waals surface area contributed by atoms with Crippen molar-refractivity contribution in [1.29, 1.82) is 0 Å². The minimum atomic E-state index is 0. The molecule has 2 N–H and O–H groups in total. The molecule has 3 aliphatic rings. The van der Waals surface area contributed by atoms with E-state index in [0.717, 1.165) is 18.9 Å². The van der Waals surface area contributed by atoms with Gasteiger partial charge in [-0.25, -0.2) is 0 Å². The first-order chi connectivity index (χ1) is 9.55. The second kappa shape index (κ2) is 6.87. The normalized spacial score (nSPS) is 32.6. The molecule has 1 saturated carbocycles. The van der Waals surface area contributed by atoms with Gasteiger partial charge in [-0.1, -0.05) is 13.8 Å². The molecule has 2 heterocycles. The highest BCUT2D eigenvalue weighted by Gasteiger charge is 2.43. The lowest BCUT2D eigenvalue weighted by Crippen LogP contribution is -2.40. The molecular formula is C17H31ClN2O. The average Bonchev–Trinajstić information content (AvgIpc) is 3.05. The number of carbonyl (C=O) groups excluding carboxylic acids is 1. The van der Waals surface area contributed by atoms with Crippen molar-refractivity contribution in [2.75, 3.05) is 6.54 Å². The lowest BCUT2D eigenvalue weighted by molar-refractivity contribution is -0.122. The number of nitrogens with one attached hydrogen (secondary N) is 2. The molecule has 2 bridgehead atoms. The minimum Gasteiger partial charge on any atom is -0.356 e. The van der Waals surface area contributed by atoms with Gasteiger partial charge in [0.1, 0.15) is 0 Å². The predicted octanol–water partition coefficient (Wildman–Crippen LogP) is 3.27.